The summed E-state index contributed by atoms with van der Waals surface area (Å²) in [5.74, 6) is 1.02. The molecule has 3 aromatic heterocycles. The van der Waals surface area contributed by atoms with E-state index < -0.39 is 0 Å². The van der Waals surface area contributed by atoms with Gasteiger partial charge >= 0.3 is 0 Å². The highest BCUT2D eigenvalue weighted by atomic mass is 32.1. The Balaban J connectivity index is 1.55. The third kappa shape index (κ3) is 2.98. The lowest BCUT2D eigenvalue weighted by Gasteiger charge is -2.17. The number of fused-ring (bicyclic) bond motifs is 1. The van der Waals surface area contributed by atoms with Crippen molar-refractivity contribution in [2.24, 2.45) is 0 Å². The van der Waals surface area contributed by atoms with Crippen molar-refractivity contribution in [3.8, 4) is 11.5 Å². The highest BCUT2D eigenvalue weighted by Gasteiger charge is 2.33. The van der Waals surface area contributed by atoms with E-state index in [0.29, 0.717) is 13.1 Å². The van der Waals surface area contributed by atoms with Crippen LogP contribution in [0.3, 0.4) is 0 Å². The molecular weight excluding hydrogens is 382 g/mol. The van der Waals surface area contributed by atoms with Crippen molar-refractivity contribution in [3.05, 3.63) is 81.2 Å². The van der Waals surface area contributed by atoms with E-state index in [2.05, 4.69) is 40.7 Å². The third-order valence-electron chi connectivity index (χ3n) is 5.24. The van der Waals surface area contributed by atoms with Crippen LogP contribution in [0.4, 0.5) is 0 Å². The Labute approximate surface area is 173 Å². The van der Waals surface area contributed by atoms with Crippen LogP contribution in [0.15, 0.2) is 48.8 Å². The van der Waals surface area contributed by atoms with E-state index in [1.54, 1.807) is 0 Å². The third-order valence-corrected chi connectivity index (χ3v) is 6.30. The minimum Gasteiger partial charge on any atom is -0.327 e. The molecule has 0 saturated carbocycles. The van der Waals surface area contributed by atoms with Crippen LogP contribution in [0.5, 0.6) is 0 Å². The van der Waals surface area contributed by atoms with E-state index >= 15 is 0 Å². The van der Waals surface area contributed by atoms with Crippen molar-refractivity contribution in [3.63, 3.8) is 0 Å². The normalized spacial score (nSPS) is 13.1. The summed E-state index contributed by atoms with van der Waals surface area (Å²) in [4.78, 5) is 20.1. The second kappa shape index (κ2) is 6.70. The molecule has 0 atom stereocenters. The molecule has 0 saturated heterocycles. The first-order valence-corrected chi connectivity index (χ1v) is 10.4. The molecule has 0 aliphatic carbocycles. The van der Waals surface area contributed by atoms with E-state index in [1.165, 1.54) is 16.9 Å². The lowest BCUT2D eigenvalue weighted by molar-refractivity contribution is 0.0753. The van der Waals surface area contributed by atoms with Gasteiger partial charge in [-0.3, -0.25) is 4.79 Å². The first kappa shape index (κ1) is 17.9. The fourth-order valence-electron chi connectivity index (χ4n) is 3.83. The van der Waals surface area contributed by atoms with Gasteiger partial charge in [0.1, 0.15) is 10.7 Å². The van der Waals surface area contributed by atoms with Crippen LogP contribution in [-0.2, 0) is 13.1 Å². The molecule has 4 heterocycles. The number of hydrogen-bond donors (Lipinski definition) is 0. The second-order valence-corrected chi connectivity index (χ2v) is 8.60. The molecule has 1 amide bonds. The van der Waals surface area contributed by atoms with E-state index in [-0.39, 0.29) is 5.91 Å². The number of hydrogen-bond acceptors (Lipinski definition) is 4. The smallest absolute Gasteiger partial charge is 0.266 e. The minimum absolute atomic E-state index is 0.0337. The molecule has 1 aromatic carbocycles. The first-order valence-electron chi connectivity index (χ1n) is 9.55. The van der Waals surface area contributed by atoms with Gasteiger partial charge in [0.15, 0.2) is 0 Å². The van der Waals surface area contributed by atoms with Crippen molar-refractivity contribution < 1.29 is 4.79 Å². The fraction of sp³-hybridized carbons (Fsp3) is 0.227. The average molecular weight is 404 g/mol. The summed E-state index contributed by atoms with van der Waals surface area (Å²) >= 11 is 1.46. The molecule has 0 unspecified atom stereocenters. The standard InChI is InChI=1S/C22H21N5OS/c1-14-6-8-17(9-7-14)27-21(25-10-4-5-11-25)18-12-26(13-19(18)24-27)22(28)20-15(2)23-16(3)29-20/h4-11H,12-13H2,1-3H3. The largest absolute Gasteiger partial charge is 0.327 e. The van der Waals surface area contributed by atoms with E-state index in [0.717, 1.165) is 38.3 Å². The molecule has 0 bridgehead atoms. The van der Waals surface area contributed by atoms with Crippen LogP contribution in [0, 0.1) is 20.8 Å². The zero-order valence-corrected chi connectivity index (χ0v) is 17.4. The number of carbonyl (C=O) groups excluding carboxylic acids is 1. The summed E-state index contributed by atoms with van der Waals surface area (Å²) in [5, 5.41) is 5.81. The van der Waals surface area contributed by atoms with Gasteiger partial charge in [0.2, 0.25) is 0 Å². The number of rotatable bonds is 3. The summed E-state index contributed by atoms with van der Waals surface area (Å²) in [5.41, 5.74) is 5.07. The van der Waals surface area contributed by atoms with Crippen LogP contribution in [0.1, 0.15) is 37.2 Å². The van der Waals surface area contributed by atoms with Crippen LogP contribution < -0.4 is 0 Å². The van der Waals surface area contributed by atoms with Crippen LogP contribution >= 0.6 is 11.3 Å². The molecule has 0 N–H and O–H groups in total. The SMILES string of the molecule is Cc1ccc(-n2nc3c(c2-n2cccc2)CN(C(=O)c2sc(C)nc2C)C3)cc1. The molecule has 0 spiro atoms. The number of carbonyl (C=O) groups is 1. The molecule has 0 radical (unpaired) electrons. The number of benzene rings is 1. The van der Waals surface area contributed by atoms with Gasteiger partial charge in [-0.25, -0.2) is 9.67 Å². The Hall–Kier alpha value is -3.19. The lowest BCUT2D eigenvalue weighted by atomic mass is 10.2. The van der Waals surface area contributed by atoms with Crippen molar-refractivity contribution in [1.82, 2.24) is 24.2 Å². The Morgan fingerprint density at radius 3 is 2.41 bits per heavy atom. The van der Waals surface area contributed by atoms with Gasteiger partial charge in [0.05, 0.1) is 35.2 Å². The van der Waals surface area contributed by atoms with Gasteiger partial charge in [-0.15, -0.1) is 11.3 Å². The summed E-state index contributed by atoms with van der Waals surface area (Å²) < 4.78 is 4.05. The lowest BCUT2D eigenvalue weighted by Crippen LogP contribution is -2.26. The van der Waals surface area contributed by atoms with Crippen LogP contribution in [0.2, 0.25) is 0 Å². The number of aryl methyl sites for hydroxylation is 3. The van der Waals surface area contributed by atoms with Gasteiger partial charge in [-0.2, -0.15) is 5.10 Å². The van der Waals surface area contributed by atoms with Crippen molar-refractivity contribution in [1.29, 1.82) is 0 Å². The maximum atomic E-state index is 13.1. The van der Waals surface area contributed by atoms with Gasteiger partial charge in [-0.05, 0) is 45.0 Å². The molecule has 146 valence electrons. The molecule has 4 aromatic rings. The topological polar surface area (TPSA) is 56.0 Å². The Morgan fingerprint density at radius 2 is 1.76 bits per heavy atom. The van der Waals surface area contributed by atoms with Crippen molar-refractivity contribution >= 4 is 17.2 Å². The number of thiazole rings is 1. The number of aromatic nitrogens is 4. The first-order chi connectivity index (χ1) is 14.0. The van der Waals surface area contributed by atoms with Crippen molar-refractivity contribution in [2.75, 3.05) is 0 Å². The predicted molar refractivity (Wildman–Crippen MR) is 113 cm³/mol. The Bertz CT molecular complexity index is 1200. The molecule has 0 fully saturated rings. The fourth-order valence-corrected chi connectivity index (χ4v) is 4.71. The maximum Gasteiger partial charge on any atom is 0.266 e. The van der Waals surface area contributed by atoms with Crippen LogP contribution in [-0.4, -0.2) is 30.1 Å². The van der Waals surface area contributed by atoms with E-state index in [9.17, 15) is 4.79 Å². The van der Waals surface area contributed by atoms with Crippen molar-refractivity contribution in [2.45, 2.75) is 33.9 Å². The molecule has 1 aliphatic heterocycles. The zero-order chi connectivity index (χ0) is 20.1. The van der Waals surface area contributed by atoms with Crippen LogP contribution in [0.25, 0.3) is 11.5 Å². The molecule has 5 rings (SSSR count). The van der Waals surface area contributed by atoms with Gasteiger partial charge in [0, 0.05) is 18.0 Å². The van der Waals surface area contributed by atoms with E-state index in [1.807, 2.05) is 48.0 Å². The summed E-state index contributed by atoms with van der Waals surface area (Å²) in [6.45, 7) is 6.96. The zero-order valence-electron chi connectivity index (χ0n) is 16.6. The average Bonchev–Trinajstić information content (AvgIpc) is 3.45. The highest BCUT2D eigenvalue weighted by Crippen LogP contribution is 2.32. The van der Waals surface area contributed by atoms with Gasteiger partial charge in [0.25, 0.3) is 5.91 Å². The second-order valence-electron chi connectivity index (χ2n) is 7.40. The number of nitrogens with zero attached hydrogens (tertiary/aromatic N) is 5. The number of amides is 1. The Morgan fingerprint density at radius 1 is 1.03 bits per heavy atom. The Kier molecular flexibility index (Phi) is 4.13. The van der Waals surface area contributed by atoms with Gasteiger partial charge < -0.3 is 9.47 Å². The molecular formula is C22H21N5OS. The maximum absolute atomic E-state index is 13.1. The van der Waals surface area contributed by atoms with Gasteiger partial charge in [-0.1, -0.05) is 17.7 Å². The summed E-state index contributed by atoms with van der Waals surface area (Å²) in [6.07, 6.45) is 4.03. The molecule has 6 nitrogen and oxygen atoms in total. The summed E-state index contributed by atoms with van der Waals surface area (Å²) in [7, 11) is 0. The molecule has 29 heavy (non-hydrogen) atoms. The van der Waals surface area contributed by atoms with E-state index in [4.69, 9.17) is 5.10 Å². The quantitative estimate of drug-likeness (QED) is 0.515. The monoisotopic (exact) mass is 403 g/mol. The molecule has 7 heteroatoms. The predicted octanol–water partition coefficient (Wildman–Crippen LogP) is 4.20. The highest BCUT2D eigenvalue weighted by molar-refractivity contribution is 7.13. The molecule has 1 aliphatic rings. The summed E-state index contributed by atoms with van der Waals surface area (Å²) in [6, 6.07) is 12.3. The minimum atomic E-state index is 0.0337.